The number of aromatic amines is 1. The van der Waals surface area contributed by atoms with E-state index < -0.39 is 42.4 Å². The summed E-state index contributed by atoms with van der Waals surface area (Å²) < 4.78 is 7.71. The molecule has 1 aliphatic heterocycles. The van der Waals surface area contributed by atoms with E-state index in [1.807, 2.05) is 0 Å². The quantitative estimate of drug-likeness (QED) is 0.462. The molecule has 2 aromatic heterocycles. The van der Waals surface area contributed by atoms with Gasteiger partial charge in [-0.3, -0.25) is 14.3 Å². The second-order valence-electron chi connectivity index (χ2n) is 5.61. The number of nitrogens with zero attached hydrogens (tertiary/aromatic N) is 4. The number of aliphatic hydroxyl groups is 3. The number of hydrogen-bond acceptors (Lipinski definition) is 8. The zero-order chi connectivity index (χ0) is 17.4. The van der Waals surface area contributed by atoms with Gasteiger partial charge in [-0.2, -0.15) is 0 Å². The normalized spacial score (nSPS) is 26.8. The summed E-state index contributed by atoms with van der Waals surface area (Å²) in [6, 6.07) is 0. The van der Waals surface area contributed by atoms with Crippen LogP contribution in [0.2, 0.25) is 0 Å². The maximum Gasteiger partial charge on any atom is 0.330 e. The predicted molar refractivity (Wildman–Crippen MR) is 78.2 cm³/mol. The van der Waals surface area contributed by atoms with Crippen molar-refractivity contribution in [2.24, 2.45) is 0 Å². The Bertz CT molecular complexity index is 842. The third-order valence-corrected chi connectivity index (χ3v) is 3.82. The van der Waals surface area contributed by atoms with Crippen LogP contribution in [0.25, 0.3) is 0 Å². The number of aromatic nitrogens is 5. The average molecular weight is 339 g/mol. The van der Waals surface area contributed by atoms with E-state index in [0.29, 0.717) is 5.69 Å². The predicted octanol–water partition coefficient (Wildman–Crippen LogP) is -2.90. The summed E-state index contributed by atoms with van der Waals surface area (Å²) in [5, 5.41) is 36.6. The Balaban J connectivity index is 1.96. The first kappa shape index (κ1) is 16.5. The monoisotopic (exact) mass is 339 g/mol. The summed E-state index contributed by atoms with van der Waals surface area (Å²) in [7, 11) is 0. The van der Waals surface area contributed by atoms with Gasteiger partial charge in [0.2, 0.25) is 0 Å². The molecule has 11 nitrogen and oxygen atoms in total. The molecule has 0 amide bonds. The van der Waals surface area contributed by atoms with Crippen LogP contribution in [0.3, 0.4) is 0 Å². The van der Waals surface area contributed by atoms with Gasteiger partial charge in [0, 0.05) is 12.4 Å². The van der Waals surface area contributed by atoms with E-state index in [2.05, 4.69) is 15.3 Å². The third-order valence-electron chi connectivity index (χ3n) is 3.82. The van der Waals surface area contributed by atoms with Crippen LogP contribution in [0.5, 0.6) is 0 Å². The first-order valence-electron chi connectivity index (χ1n) is 7.24. The van der Waals surface area contributed by atoms with Gasteiger partial charge in [0.05, 0.1) is 24.4 Å². The summed E-state index contributed by atoms with van der Waals surface area (Å²) in [4.78, 5) is 26.1. The van der Waals surface area contributed by atoms with E-state index >= 15 is 0 Å². The Morgan fingerprint density at radius 2 is 2.04 bits per heavy atom. The van der Waals surface area contributed by atoms with Gasteiger partial charge in [0.1, 0.15) is 18.3 Å². The van der Waals surface area contributed by atoms with Crippen LogP contribution in [0.4, 0.5) is 0 Å². The molecule has 24 heavy (non-hydrogen) atoms. The average Bonchev–Trinajstić information content (AvgIpc) is 3.07. The number of aliphatic hydroxyl groups excluding tert-OH is 3. The highest BCUT2D eigenvalue weighted by Crippen LogP contribution is 2.27. The molecule has 3 heterocycles. The Labute approximate surface area is 134 Å². The van der Waals surface area contributed by atoms with Crippen molar-refractivity contribution in [3.05, 3.63) is 44.5 Å². The first-order valence-corrected chi connectivity index (χ1v) is 7.24. The molecular weight excluding hydrogens is 322 g/mol. The van der Waals surface area contributed by atoms with Crippen LogP contribution in [-0.2, 0) is 11.3 Å². The van der Waals surface area contributed by atoms with Crippen molar-refractivity contribution >= 4 is 0 Å². The zero-order valence-electron chi connectivity index (χ0n) is 12.7. The van der Waals surface area contributed by atoms with Gasteiger partial charge in [-0.1, -0.05) is 5.21 Å². The molecule has 0 aromatic carbocycles. The highest BCUT2D eigenvalue weighted by atomic mass is 16.6. The topological polar surface area (TPSA) is 155 Å². The molecule has 1 aliphatic rings. The van der Waals surface area contributed by atoms with Crippen molar-refractivity contribution in [2.45, 2.75) is 38.0 Å². The van der Waals surface area contributed by atoms with Crippen molar-refractivity contribution < 1.29 is 20.1 Å². The Morgan fingerprint density at radius 3 is 2.62 bits per heavy atom. The zero-order valence-corrected chi connectivity index (χ0v) is 12.7. The van der Waals surface area contributed by atoms with Gasteiger partial charge in [-0.15, -0.1) is 5.10 Å². The first-order chi connectivity index (χ1) is 11.4. The lowest BCUT2D eigenvalue weighted by Crippen LogP contribution is -2.39. The van der Waals surface area contributed by atoms with Gasteiger partial charge in [-0.25, -0.2) is 9.48 Å². The lowest BCUT2D eigenvalue weighted by Gasteiger charge is -2.17. The number of ether oxygens (including phenoxy) is 1. The molecular formula is C13H17N5O6. The number of aryl methyl sites for hydroxylation is 1. The Kier molecular flexibility index (Phi) is 4.32. The molecule has 2 aromatic rings. The highest BCUT2D eigenvalue weighted by molar-refractivity contribution is 5.07. The summed E-state index contributed by atoms with van der Waals surface area (Å²) in [5.41, 5.74) is -0.537. The number of nitrogens with one attached hydrogen (secondary N) is 1. The largest absolute Gasteiger partial charge is 0.394 e. The van der Waals surface area contributed by atoms with E-state index in [1.54, 1.807) is 13.1 Å². The summed E-state index contributed by atoms with van der Waals surface area (Å²) in [5.74, 6) is 0. The fourth-order valence-electron chi connectivity index (χ4n) is 2.59. The van der Waals surface area contributed by atoms with E-state index in [0.717, 1.165) is 4.57 Å². The summed E-state index contributed by atoms with van der Waals surface area (Å²) in [6.45, 7) is 1.29. The molecule has 4 N–H and O–H groups in total. The second kappa shape index (κ2) is 6.28. The van der Waals surface area contributed by atoms with Gasteiger partial charge >= 0.3 is 5.69 Å². The molecule has 0 saturated carbocycles. The molecule has 0 spiro atoms. The molecule has 11 heteroatoms. The number of hydrogen-bond donors (Lipinski definition) is 4. The standard InChI is InChI=1S/C13H17N5O6/c1-6-2-17(16-15-6)3-7-4-18(13(23)14-11(7)22)12-10(21)9(20)8(5-19)24-12/h2,4,8-10,12,19-21H,3,5H2,1H3,(H,14,22,23). The third kappa shape index (κ3) is 2.89. The van der Waals surface area contributed by atoms with Gasteiger partial charge in [0.15, 0.2) is 6.23 Å². The molecule has 0 radical (unpaired) electrons. The van der Waals surface area contributed by atoms with Crippen LogP contribution in [0.15, 0.2) is 22.0 Å². The van der Waals surface area contributed by atoms with Crippen LogP contribution < -0.4 is 11.2 Å². The molecule has 3 rings (SSSR count). The molecule has 4 unspecified atom stereocenters. The summed E-state index contributed by atoms with van der Waals surface area (Å²) in [6.07, 6.45) is -2.16. The molecule has 0 bridgehead atoms. The fourth-order valence-corrected chi connectivity index (χ4v) is 2.59. The van der Waals surface area contributed by atoms with Crippen molar-refractivity contribution in [1.29, 1.82) is 0 Å². The highest BCUT2D eigenvalue weighted by Gasteiger charge is 2.43. The van der Waals surface area contributed by atoms with E-state index in [4.69, 9.17) is 9.84 Å². The van der Waals surface area contributed by atoms with Crippen LogP contribution in [-0.4, -0.2) is 64.8 Å². The van der Waals surface area contributed by atoms with Crippen LogP contribution >= 0.6 is 0 Å². The Morgan fingerprint density at radius 1 is 1.29 bits per heavy atom. The summed E-state index contributed by atoms with van der Waals surface area (Å²) >= 11 is 0. The molecule has 130 valence electrons. The fraction of sp³-hybridized carbons (Fsp3) is 0.538. The van der Waals surface area contributed by atoms with Crippen molar-refractivity contribution in [1.82, 2.24) is 24.5 Å². The van der Waals surface area contributed by atoms with Crippen LogP contribution in [0.1, 0.15) is 17.5 Å². The van der Waals surface area contributed by atoms with Crippen molar-refractivity contribution in [3.63, 3.8) is 0 Å². The van der Waals surface area contributed by atoms with Gasteiger partial charge < -0.3 is 20.1 Å². The van der Waals surface area contributed by atoms with Gasteiger partial charge in [0.25, 0.3) is 5.56 Å². The smallest absolute Gasteiger partial charge is 0.330 e. The van der Waals surface area contributed by atoms with Crippen LogP contribution in [0, 0.1) is 6.92 Å². The van der Waals surface area contributed by atoms with Crippen molar-refractivity contribution in [3.8, 4) is 0 Å². The maximum absolute atomic E-state index is 12.0. The van der Waals surface area contributed by atoms with E-state index in [1.165, 1.54) is 10.9 Å². The Hall–Kier alpha value is -2.34. The molecule has 1 fully saturated rings. The van der Waals surface area contributed by atoms with Gasteiger partial charge in [-0.05, 0) is 6.92 Å². The molecule has 0 aliphatic carbocycles. The SMILES string of the molecule is Cc1cn(Cc2cn(C3OC(CO)C(O)C3O)c(=O)[nH]c2=O)nn1. The lowest BCUT2D eigenvalue weighted by molar-refractivity contribution is -0.0551. The maximum atomic E-state index is 12.0. The van der Waals surface area contributed by atoms with Crippen molar-refractivity contribution in [2.75, 3.05) is 6.61 Å². The van der Waals surface area contributed by atoms with E-state index in [-0.39, 0.29) is 12.1 Å². The minimum atomic E-state index is -1.42. The lowest BCUT2D eigenvalue weighted by atomic mass is 10.1. The second-order valence-corrected chi connectivity index (χ2v) is 5.61. The minimum absolute atomic E-state index is 0.0608. The molecule has 1 saturated heterocycles. The molecule has 4 atom stereocenters. The minimum Gasteiger partial charge on any atom is -0.394 e. The number of rotatable bonds is 4. The van der Waals surface area contributed by atoms with E-state index in [9.17, 15) is 19.8 Å². The number of H-pyrrole nitrogens is 1.